The fraction of sp³-hybridized carbons (Fsp3) is 0.100. The molecule has 0 atom stereocenters. The van der Waals surface area contributed by atoms with Gasteiger partial charge in [0, 0.05) is 35.1 Å². The fourth-order valence-electron chi connectivity index (χ4n) is 3.91. The third-order valence-corrected chi connectivity index (χ3v) is 5.06. The van der Waals surface area contributed by atoms with E-state index in [9.17, 15) is 0 Å². The van der Waals surface area contributed by atoms with E-state index in [0.717, 1.165) is 58.0 Å². The Morgan fingerprint density at radius 3 is 1.58 bits per heavy atom. The molecule has 114 valence electrons. The summed E-state index contributed by atoms with van der Waals surface area (Å²) in [6.07, 6.45) is 1.66. The quantitative estimate of drug-likeness (QED) is 0.449. The molecule has 0 saturated carbocycles. The number of hydrogen-bond donors (Lipinski definition) is 0. The lowest BCUT2D eigenvalue weighted by molar-refractivity contribution is 0.425. The van der Waals surface area contributed by atoms with Crippen LogP contribution >= 0.6 is 0 Å². The van der Waals surface area contributed by atoms with Gasteiger partial charge in [-0.25, -0.2) is 0 Å². The van der Waals surface area contributed by atoms with Gasteiger partial charge in [-0.2, -0.15) is 0 Å². The molecule has 0 saturated heterocycles. The number of nitrogens with zero attached hydrogens (tertiary/aromatic N) is 2. The lowest BCUT2D eigenvalue weighted by Crippen LogP contribution is -1.90. The molecule has 0 spiro atoms. The van der Waals surface area contributed by atoms with Crippen LogP contribution < -0.4 is 0 Å². The zero-order valence-electron chi connectivity index (χ0n) is 12.7. The predicted octanol–water partition coefficient (Wildman–Crippen LogP) is 4.47. The van der Waals surface area contributed by atoms with Crippen molar-refractivity contribution in [1.82, 2.24) is 10.3 Å². The molecule has 4 nitrogen and oxygen atoms in total. The number of fused-ring (bicyclic) bond motifs is 6. The monoisotopic (exact) mass is 312 g/mol. The van der Waals surface area contributed by atoms with Crippen molar-refractivity contribution in [3.63, 3.8) is 0 Å². The normalized spacial score (nSPS) is 13.5. The van der Waals surface area contributed by atoms with Crippen LogP contribution in [-0.4, -0.2) is 10.3 Å². The second-order valence-electron chi connectivity index (χ2n) is 6.35. The third kappa shape index (κ3) is 1.43. The van der Waals surface area contributed by atoms with Crippen molar-refractivity contribution in [2.24, 2.45) is 0 Å². The van der Waals surface area contributed by atoms with Crippen molar-refractivity contribution in [3.8, 4) is 34.0 Å². The van der Waals surface area contributed by atoms with Crippen LogP contribution in [0, 0.1) is 0 Å². The van der Waals surface area contributed by atoms with Crippen LogP contribution in [0.4, 0.5) is 0 Å². The van der Waals surface area contributed by atoms with Gasteiger partial charge in [-0.3, -0.25) is 0 Å². The summed E-state index contributed by atoms with van der Waals surface area (Å²) in [5, 5.41) is 8.64. The molecular formula is C20H12N2O2. The number of rotatable bonds is 1. The molecule has 0 radical (unpaired) electrons. The first kappa shape index (κ1) is 12.3. The maximum Gasteiger partial charge on any atom is 0.171 e. The molecule has 4 aromatic rings. The summed E-state index contributed by atoms with van der Waals surface area (Å²) >= 11 is 0. The maximum atomic E-state index is 5.66. The highest BCUT2D eigenvalue weighted by atomic mass is 16.5. The number of benzene rings is 2. The van der Waals surface area contributed by atoms with Crippen molar-refractivity contribution in [3.05, 3.63) is 70.8 Å². The van der Waals surface area contributed by atoms with Gasteiger partial charge in [0.2, 0.25) is 0 Å². The first-order valence-corrected chi connectivity index (χ1v) is 8.04. The molecule has 2 aliphatic carbocycles. The first-order chi connectivity index (χ1) is 11.9. The Kier molecular flexibility index (Phi) is 2.17. The summed E-state index contributed by atoms with van der Waals surface area (Å²) in [6, 6.07) is 16.6. The van der Waals surface area contributed by atoms with Gasteiger partial charge in [-0.1, -0.05) is 58.8 Å². The molecule has 0 aliphatic heterocycles. The molecule has 4 heteroatoms. The molecule has 2 heterocycles. The van der Waals surface area contributed by atoms with E-state index in [1.807, 2.05) is 12.1 Å². The van der Waals surface area contributed by atoms with E-state index in [1.165, 1.54) is 11.1 Å². The summed E-state index contributed by atoms with van der Waals surface area (Å²) in [5.41, 5.74) is 8.69. The Hall–Kier alpha value is -3.14. The Bertz CT molecular complexity index is 1030. The van der Waals surface area contributed by atoms with Crippen molar-refractivity contribution >= 4 is 0 Å². The Morgan fingerprint density at radius 2 is 1.08 bits per heavy atom. The van der Waals surface area contributed by atoms with E-state index in [-0.39, 0.29) is 0 Å². The molecule has 6 rings (SSSR count). The van der Waals surface area contributed by atoms with Crippen LogP contribution in [0.2, 0.25) is 0 Å². The van der Waals surface area contributed by atoms with Gasteiger partial charge < -0.3 is 9.05 Å². The second kappa shape index (κ2) is 4.23. The Labute approximate surface area is 137 Å². The minimum Gasteiger partial charge on any atom is -0.355 e. The van der Waals surface area contributed by atoms with Gasteiger partial charge in [0.05, 0.1) is 0 Å². The molecule has 0 N–H and O–H groups in total. The van der Waals surface area contributed by atoms with Gasteiger partial charge >= 0.3 is 0 Å². The molecule has 2 aromatic carbocycles. The molecule has 0 bridgehead atoms. The van der Waals surface area contributed by atoms with Crippen LogP contribution in [-0.2, 0) is 12.8 Å². The van der Waals surface area contributed by atoms with Crippen LogP contribution in [0.1, 0.15) is 22.3 Å². The molecular weight excluding hydrogens is 300 g/mol. The van der Waals surface area contributed by atoms with Gasteiger partial charge in [0.15, 0.2) is 11.5 Å². The number of hydrogen-bond acceptors (Lipinski definition) is 4. The zero-order valence-corrected chi connectivity index (χ0v) is 12.7. The summed E-state index contributed by atoms with van der Waals surface area (Å²) in [4.78, 5) is 0. The van der Waals surface area contributed by atoms with E-state index in [2.05, 4.69) is 46.7 Å². The van der Waals surface area contributed by atoms with Gasteiger partial charge in [-0.15, -0.1) is 0 Å². The van der Waals surface area contributed by atoms with Crippen LogP contribution in [0.15, 0.2) is 57.6 Å². The van der Waals surface area contributed by atoms with Crippen molar-refractivity contribution in [1.29, 1.82) is 0 Å². The van der Waals surface area contributed by atoms with E-state index in [4.69, 9.17) is 9.05 Å². The van der Waals surface area contributed by atoms with Crippen molar-refractivity contribution in [2.75, 3.05) is 0 Å². The Morgan fingerprint density at radius 1 is 0.625 bits per heavy atom. The summed E-state index contributed by atoms with van der Waals surface area (Å²) < 4.78 is 11.3. The highest BCUT2D eigenvalue weighted by Gasteiger charge is 2.33. The lowest BCUT2D eigenvalue weighted by atomic mass is 10.1. The predicted molar refractivity (Wildman–Crippen MR) is 88.5 cm³/mol. The van der Waals surface area contributed by atoms with Gasteiger partial charge in [0.25, 0.3) is 0 Å². The topological polar surface area (TPSA) is 52.1 Å². The fourth-order valence-corrected chi connectivity index (χ4v) is 3.91. The van der Waals surface area contributed by atoms with Crippen LogP contribution in [0.5, 0.6) is 0 Å². The highest BCUT2D eigenvalue weighted by Crippen LogP contribution is 2.46. The van der Waals surface area contributed by atoms with Crippen molar-refractivity contribution < 1.29 is 9.05 Å². The highest BCUT2D eigenvalue weighted by molar-refractivity contribution is 5.83. The van der Waals surface area contributed by atoms with E-state index < -0.39 is 0 Å². The zero-order chi connectivity index (χ0) is 15.7. The van der Waals surface area contributed by atoms with Gasteiger partial charge in [0.1, 0.15) is 11.4 Å². The minimum absolute atomic E-state index is 0.819. The lowest BCUT2D eigenvalue weighted by Gasteiger charge is -1.98. The average Bonchev–Trinajstić information content (AvgIpc) is 3.33. The smallest absolute Gasteiger partial charge is 0.171 e. The standard InChI is InChI=1S/C20H12N2O2/c1-3-7-13-11(5-1)9-15-17(21-23-19(13)15)18-16-10-12-6-2-4-8-14(12)20(16)24-22-18/h1-8H,9-10H2. The molecule has 0 unspecified atom stereocenters. The second-order valence-corrected chi connectivity index (χ2v) is 6.35. The molecule has 2 aliphatic rings. The third-order valence-electron chi connectivity index (χ3n) is 5.06. The van der Waals surface area contributed by atoms with Crippen LogP contribution in [0.25, 0.3) is 34.0 Å². The van der Waals surface area contributed by atoms with E-state index in [0.29, 0.717) is 0 Å². The number of aromatic nitrogens is 2. The van der Waals surface area contributed by atoms with E-state index >= 15 is 0 Å². The van der Waals surface area contributed by atoms with Crippen molar-refractivity contribution in [2.45, 2.75) is 12.8 Å². The first-order valence-electron chi connectivity index (χ1n) is 8.04. The average molecular weight is 312 g/mol. The van der Waals surface area contributed by atoms with E-state index in [1.54, 1.807) is 0 Å². The Balaban J connectivity index is 1.52. The SMILES string of the molecule is c1ccc2c(c1)Cc1c(-c3noc4c3Cc3ccccc3-4)noc1-2. The largest absolute Gasteiger partial charge is 0.355 e. The molecule has 0 amide bonds. The van der Waals surface area contributed by atoms with Crippen LogP contribution in [0.3, 0.4) is 0 Å². The molecule has 24 heavy (non-hydrogen) atoms. The van der Waals surface area contributed by atoms with Gasteiger partial charge in [-0.05, 0) is 11.1 Å². The summed E-state index contributed by atoms with van der Waals surface area (Å²) in [5.74, 6) is 1.74. The molecule has 0 fully saturated rings. The summed E-state index contributed by atoms with van der Waals surface area (Å²) in [7, 11) is 0. The summed E-state index contributed by atoms with van der Waals surface area (Å²) in [6.45, 7) is 0. The minimum atomic E-state index is 0.819. The molecule has 2 aromatic heterocycles. The maximum absolute atomic E-state index is 5.66.